The van der Waals surface area contributed by atoms with E-state index in [9.17, 15) is 9.59 Å². The van der Waals surface area contributed by atoms with Crippen LogP contribution < -0.4 is 10.6 Å². The second kappa shape index (κ2) is 8.60. The number of carbonyl (C=O) groups is 2. The van der Waals surface area contributed by atoms with Gasteiger partial charge in [0.05, 0.1) is 11.8 Å². The molecule has 1 heterocycles. The standard InChI is InChI=1S/C20H32N2O4/c1-15-8-5-6-12-20(15,14-21-18(24)26-19(2,3)4)22-17(23)11-10-16-9-7-13-25-16/h7,9,13,15H,5-6,8,10-12,14H2,1-4H3,(H,21,24)(H,22,23). The zero-order valence-electron chi connectivity index (χ0n) is 16.4. The first kappa shape index (κ1) is 20.3. The SMILES string of the molecule is CC1CCCCC1(CNC(=O)OC(C)(C)C)NC(=O)CCc1ccco1. The van der Waals surface area contributed by atoms with Gasteiger partial charge in [-0.25, -0.2) is 4.79 Å². The smallest absolute Gasteiger partial charge is 0.407 e. The van der Waals surface area contributed by atoms with Crippen LogP contribution >= 0.6 is 0 Å². The summed E-state index contributed by atoms with van der Waals surface area (Å²) in [5.41, 5.74) is -0.961. The van der Waals surface area contributed by atoms with Gasteiger partial charge in [-0.05, 0) is 51.7 Å². The van der Waals surface area contributed by atoms with E-state index in [1.165, 1.54) is 0 Å². The van der Waals surface area contributed by atoms with Crippen molar-refractivity contribution in [2.24, 2.45) is 5.92 Å². The molecule has 146 valence electrons. The summed E-state index contributed by atoms with van der Waals surface area (Å²) in [5, 5.41) is 6.07. The van der Waals surface area contributed by atoms with E-state index in [-0.39, 0.29) is 5.91 Å². The van der Waals surface area contributed by atoms with Gasteiger partial charge in [0.1, 0.15) is 11.4 Å². The Labute approximate surface area is 156 Å². The molecule has 6 nitrogen and oxygen atoms in total. The monoisotopic (exact) mass is 364 g/mol. The first-order valence-corrected chi connectivity index (χ1v) is 9.50. The molecule has 1 aliphatic carbocycles. The molecule has 0 aliphatic heterocycles. The van der Waals surface area contributed by atoms with Crippen LogP contribution in [0.15, 0.2) is 22.8 Å². The molecular weight excluding hydrogens is 332 g/mol. The fraction of sp³-hybridized carbons (Fsp3) is 0.700. The Kier molecular flexibility index (Phi) is 6.73. The lowest BCUT2D eigenvalue weighted by Crippen LogP contribution is -2.60. The summed E-state index contributed by atoms with van der Waals surface area (Å²) in [5.74, 6) is 1.08. The Hall–Kier alpha value is -1.98. The van der Waals surface area contributed by atoms with Crippen LogP contribution in [0.5, 0.6) is 0 Å². The van der Waals surface area contributed by atoms with Gasteiger partial charge in [-0.2, -0.15) is 0 Å². The number of amides is 2. The van der Waals surface area contributed by atoms with E-state index in [0.29, 0.717) is 25.3 Å². The molecule has 2 amide bonds. The lowest BCUT2D eigenvalue weighted by Gasteiger charge is -2.43. The van der Waals surface area contributed by atoms with Gasteiger partial charge < -0.3 is 19.8 Å². The number of hydrogen-bond donors (Lipinski definition) is 2. The zero-order chi connectivity index (χ0) is 19.2. The molecule has 26 heavy (non-hydrogen) atoms. The average molecular weight is 364 g/mol. The van der Waals surface area contributed by atoms with Crippen LogP contribution in [0, 0.1) is 5.92 Å². The maximum Gasteiger partial charge on any atom is 0.407 e. The third-order valence-electron chi connectivity index (χ3n) is 4.97. The van der Waals surface area contributed by atoms with Crippen LogP contribution in [0.4, 0.5) is 4.79 Å². The topological polar surface area (TPSA) is 80.6 Å². The number of nitrogens with one attached hydrogen (secondary N) is 2. The van der Waals surface area contributed by atoms with Crippen molar-refractivity contribution >= 4 is 12.0 Å². The fourth-order valence-electron chi connectivity index (χ4n) is 3.48. The van der Waals surface area contributed by atoms with E-state index in [4.69, 9.17) is 9.15 Å². The molecule has 2 unspecified atom stereocenters. The van der Waals surface area contributed by atoms with Crippen LogP contribution in [0.2, 0.25) is 0 Å². The van der Waals surface area contributed by atoms with Crippen LogP contribution in [-0.4, -0.2) is 29.7 Å². The van der Waals surface area contributed by atoms with Crippen molar-refractivity contribution in [3.8, 4) is 0 Å². The third kappa shape index (κ3) is 6.07. The normalized spacial score (nSPS) is 23.3. The Morgan fingerprint density at radius 1 is 1.35 bits per heavy atom. The molecule has 6 heteroatoms. The van der Waals surface area contributed by atoms with E-state index < -0.39 is 17.2 Å². The van der Waals surface area contributed by atoms with E-state index in [1.54, 1.807) is 6.26 Å². The minimum absolute atomic E-state index is 0.0128. The number of furan rings is 1. The summed E-state index contributed by atoms with van der Waals surface area (Å²) in [4.78, 5) is 24.6. The third-order valence-corrected chi connectivity index (χ3v) is 4.97. The van der Waals surface area contributed by atoms with Gasteiger partial charge >= 0.3 is 6.09 Å². The lowest BCUT2D eigenvalue weighted by atomic mass is 9.73. The number of carbonyl (C=O) groups excluding carboxylic acids is 2. The molecule has 0 radical (unpaired) electrons. The van der Waals surface area contributed by atoms with Gasteiger partial charge in [-0.15, -0.1) is 0 Å². The van der Waals surface area contributed by atoms with Crippen molar-refractivity contribution in [3.05, 3.63) is 24.2 Å². The van der Waals surface area contributed by atoms with E-state index in [2.05, 4.69) is 17.6 Å². The van der Waals surface area contributed by atoms with Gasteiger partial charge in [-0.3, -0.25) is 4.79 Å². The highest BCUT2D eigenvalue weighted by molar-refractivity contribution is 5.77. The summed E-state index contributed by atoms with van der Waals surface area (Å²) < 4.78 is 10.6. The second-order valence-electron chi connectivity index (χ2n) is 8.29. The molecule has 1 aromatic heterocycles. The first-order chi connectivity index (χ1) is 12.2. The number of aryl methyl sites for hydroxylation is 1. The maximum absolute atomic E-state index is 12.5. The largest absolute Gasteiger partial charge is 0.469 e. The minimum Gasteiger partial charge on any atom is -0.469 e. The van der Waals surface area contributed by atoms with Crippen molar-refractivity contribution in [1.29, 1.82) is 0 Å². The fourth-order valence-corrected chi connectivity index (χ4v) is 3.48. The quantitative estimate of drug-likeness (QED) is 0.804. The molecule has 1 saturated carbocycles. The van der Waals surface area contributed by atoms with Crippen molar-refractivity contribution in [1.82, 2.24) is 10.6 Å². The summed E-state index contributed by atoms with van der Waals surface area (Å²) in [6.45, 7) is 8.03. The van der Waals surface area contributed by atoms with E-state index in [0.717, 1.165) is 31.4 Å². The molecule has 1 aliphatic rings. The second-order valence-corrected chi connectivity index (χ2v) is 8.29. The highest BCUT2D eigenvalue weighted by atomic mass is 16.6. The van der Waals surface area contributed by atoms with Gasteiger partial charge in [0.2, 0.25) is 5.91 Å². The first-order valence-electron chi connectivity index (χ1n) is 9.50. The van der Waals surface area contributed by atoms with Gasteiger partial charge in [0.15, 0.2) is 0 Å². The zero-order valence-corrected chi connectivity index (χ0v) is 16.4. The van der Waals surface area contributed by atoms with Crippen molar-refractivity contribution < 1.29 is 18.7 Å². The number of alkyl carbamates (subject to hydrolysis) is 1. The van der Waals surface area contributed by atoms with Crippen LogP contribution in [-0.2, 0) is 16.0 Å². The molecule has 2 rings (SSSR count). The van der Waals surface area contributed by atoms with Crippen LogP contribution in [0.3, 0.4) is 0 Å². The predicted octanol–water partition coefficient (Wildman–Crippen LogP) is 3.80. The highest BCUT2D eigenvalue weighted by Crippen LogP contribution is 2.33. The Bertz CT molecular complexity index is 591. The Morgan fingerprint density at radius 2 is 2.12 bits per heavy atom. The molecule has 0 saturated heterocycles. The molecule has 0 bridgehead atoms. The molecule has 0 spiro atoms. The summed E-state index contributed by atoms with van der Waals surface area (Å²) in [6.07, 6.45) is 6.20. The molecule has 1 fully saturated rings. The summed E-state index contributed by atoms with van der Waals surface area (Å²) in [7, 11) is 0. The van der Waals surface area contributed by atoms with Crippen LogP contribution in [0.25, 0.3) is 0 Å². The van der Waals surface area contributed by atoms with Crippen molar-refractivity contribution in [3.63, 3.8) is 0 Å². The number of ether oxygens (including phenoxy) is 1. The molecule has 0 aromatic carbocycles. The molecular formula is C20H32N2O4. The van der Waals surface area contributed by atoms with E-state index in [1.807, 2.05) is 32.9 Å². The Morgan fingerprint density at radius 3 is 2.73 bits per heavy atom. The Balaban J connectivity index is 1.95. The molecule has 1 aromatic rings. The molecule has 2 N–H and O–H groups in total. The average Bonchev–Trinajstić information content (AvgIpc) is 3.06. The highest BCUT2D eigenvalue weighted by Gasteiger charge is 2.40. The molecule has 2 atom stereocenters. The minimum atomic E-state index is -0.540. The maximum atomic E-state index is 12.5. The van der Waals surface area contributed by atoms with Gasteiger partial charge in [0, 0.05) is 19.4 Å². The van der Waals surface area contributed by atoms with Gasteiger partial charge in [-0.1, -0.05) is 19.8 Å². The van der Waals surface area contributed by atoms with E-state index >= 15 is 0 Å². The summed E-state index contributed by atoms with van der Waals surface area (Å²) >= 11 is 0. The number of rotatable bonds is 6. The van der Waals surface area contributed by atoms with Crippen molar-refractivity contribution in [2.45, 2.75) is 77.4 Å². The van der Waals surface area contributed by atoms with Crippen molar-refractivity contribution in [2.75, 3.05) is 6.54 Å². The summed E-state index contributed by atoms with van der Waals surface area (Å²) in [6, 6.07) is 3.69. The number of hydrogen-bond acceptors (Lipinski definition) is 4. The van der Waals surface area contributed by atoms with Gasteiger partial charge in [0.25, 0.3) is 0 Å². The predicted molar refractivity (Wildman–Crippen MR) is 99.8 cm³/mol. The lowest BCUT2D eigenvalue weighted by molar-refractivity contribution is -0.124. The van der Waals surface area contributed by atoms with Crippen LogP contribution in [0.1, 0.15) is 65.6 Å².